The average molecular weight is 357 g/mol. The largest absolute Gasteiger partial charge is 0.496 e. The number of hydrogen-bond acceptors (Lipinski definition) is 5. The van der Waals surface area contributed by atoms with Crippen molar-refractivity contribution in [3.8, 4) is 5.75 Å². The van der Waals surface area contributed by atoms with Crippen LogP contribution in [-0.2, 0) is 9.53 Å². The van der Waals surface area contributed by atoms with E-state index in [-0.39, 0.29) is 28.4 Å². The molecule has 0 saturated carbocycles. The number of methoxy groups -OCH3 is 1. The van der Waals surface area contributed by atoms with Gasteiger partial charge in [-0.15, -0.1) is 0 Å². The third-order valence-electron chi connectivity index (χ3n) is 3.21. The topological polar surface area (TPSA) is 90.6 Å². The lowest BCUT2D eigenvalue weighted by molar-refractivity contribution is -0.150. The Balaban J connectivity index is 3.03. The Labute approximate surface area is 147 Å². The van der Waals surface area contributed by atoms with Crippen LogP contribution < -0.4 is 15.8 Å². The predicted octanol–water partition coefficient (Wildman–Crippen LogP) is 3.03. The fourth-order valence-electron chi connectivity index (χ4n) is 2.15. The van der Waals surface area contributed by atoms with Crippen molar-refractivity contribution < 1.29 is 19.1 Å². The maximum absolute atomic E-state index is 12.6. The van der Waals surface area contributed by atoms with Gasteiger partial charge in [0.05, 0.1) is 29.5 Å². The molecule has 0 saturated heterocycles. The molecule has 0 unspecified atom stereocenters. The van der Waals surface area contributed by atoms with Crippen LogP contribution in [0.4, 0.5) is 5.69 Å². The molecule has 0 radical (unpaired) electrons. The van der Waals surface area contributed by atoms with E-state index in [0.717, 1.165) is 0 Å². The van der Waals surface area contributed by atoms with E-state index in [4.69, 9.17) is 26.8 Å². The Bertz CT molecular complexity index is 602. The van der Waals surface area contributed by atoms with Crippen LogP contribution in [0.5, 0.6) is 5.75 Å². The summed E-state index contributed by atoms with van der Waals surface area (Å²) in [6, 6.07) is 2.15. The predicted molar refractivity (Wildman–Crippen MR) is 94.4 cm³/mol. The van der Waals surface area contributed by atoms with Gasteiger partial charge in [0.1, 0.15) is 11.8 Å². The molecule has 0 fully saturated rings. The van der Waals surface area contributed by atoms with Gasteiger partial charge in [-0.05, 0) is 32.3 Å². The third-order valence-corrected chi connectivity index (χ3v) is 3.54. The second-order valence-corrected chi connectivity index (χ2v) is 6.62. The Kier molecular flexibility index (Phi) is 7.35. The number of nitrogens with two attached hydrogens (primary N) is 1. The summed E-state index contributed by atoms with van der Waals surface area (Å²) in [6.07, 6.45) is 0.201. The summed E-state index contributed by atoms with van der Waals surface area (Å²) in [5.74, 6) is -0.450. The summed E-state index contributed by atoms with van der Waals surface area (Å²) < 4.78 is 10.4. The molecule has 1 rings (SSSR count). The lowest BCUT2D eigenvalue weighted by Gasteiger charge is -2.21. The highest BCUT2D eigenvalue weighted by atomic mass is 35.5. The van der Waals surface area contributed by atoms with E-state index in [1.807, 2.05) is 13.8 Å². The van der Waals surface area contributed by atoms with Gasteiger partial charge in [-0.2, -0.15) is 0 Å². The molecule has 1 atom stereocenters. The van der Waals surface area contributed by atoms with Gasteiger partial charge in [0.15, 0.2) is 0 Å². The molecule has 0 spiro atoms. The van der Waals surface area contributed by atoms with Gasteiger partial charge in [-0.25, -0.2) is 4.79 Å². The second kappa shape index (κ2) is 8.78. The number of anilines is 1. The number of hydrogen-bond donors (Lipinski definition) is 2. The molecule has 1 aromatic rings. The molecule has 6 nitrogen and oxygen atoms in total. The molecule has 7 heteroatoms. The van der Waals surface area contributed by atoms with Crippen molar-refractivity contribution in [3.63, 3.8) is 0 Å². The van der Waals surface area contributed by atoms with Gasteiger partial charge in [0, 0.05) is 6.07 Å². The molecular weight excluding hydrogens is 332 g/mol. The van der Waals surface area contributed by atoms with Crippen LogP contribution in [0, 0.1) is 5.92 Å². The van der Waals surface area contributed by atoms with Crippen molar-refractivity contribution in [2.75, 3.05) is 12.8 Å². The third kappa shape index (κ3) is 5.60. The van der Waals surface area contributed by atoms with Crippen LogP contribution in [0.3, 0.4) is 0 Å². The number of nitrogens with one attached hydrogen (secondary N) is 1. The summed E-state index contributed by atoms with van der Waals surface area (Å²) in [6.45, 7) is 7.44. The zero-order valence-corrected chi connectivity index (χ0v) is 15.4. The number of nitrogen functional groups attached to an aromatic ring is 1. The van der Waals surface area contributed by atoms with Gasteiger partial charge in [-0.1, -0.05) is 25.4 Å². The number of rotatable bonds is 7. The van der Waals surface area contributed by atoms with E-state index in [2.05, 4.69) is 5.32 Å². The standard InChI is InChI=1S/C17H25ClN2O4/c1-9(2)6-14(17(22)24-10(3)4)20-16(21)11-7-12(18)13(19)8-15(11)23-5/h7-10,14H,6,19H2,1-5H3,(H,20,21)/t14-/m0/s1. The zero-order valence-electron chi connectivity index (χ0n) is 14.7. The SMILES string of the molecule is COc1cc(N)c(Cl)cc1C(=O)N[C@@H](CC(C)C)C(=O)OC(C)C. The highest BCUT2D eigenvalue weighted by Gasteiger charge is 2.26. The maximum atomic E-state index is 12.6. The van der Waals surface area contributed by atoms with E-state index < -0.39 is 17.9 Å². The van der Waals surface area contributed by atoms with Crippen molar-refractivity contribution in [2.24, 2.45) is 5.92 Å². The van der Waals surface area contributed by atoms with Crippen molar-refractivity contribution in [2.45, 2.75) is 46.3 Å². The minimum Gasteiger partial charge on any atom is -0.496 e. The molecule has 0 aliphatic heterocycles. The minimum atomic E-state index is -0.749. The van der Waals surface area contributed by atoms with Gasteiger partial charge < -0.3 is 20.5 Å². The van der Waals surface area contributed by atoms with Gasteiger partial charge in [0.2, 0.25) is 0 Å². The lowest BCUT2D eigenvalue weighted by Crippen LogP contribution is -2.43. The molecule has 0 bridgehead atoms. The molecule has 0 aromatic heterocycles. The molecule has 134 valence electrons. The average Bonchev–Trinajstić information content (AvgIpc) is 2.47. The first kappa shape index (κ1) is 20.1. The molecule has 24 heavy (non-hydrogen) atoms. The van der Waals surface area contributed by atoms with Gasteiger partial charge >= 0.3 is 5.97 Å². The summed E-state index contributed by atoms with van der Waals surface area (Å²) in [4.78, 5) is 24.8. The van der Waals surface area contributed by atoms with E-state index in [1.165, 1.54) is 19.2 Å². The molecular formula is C17H25ClN2O4. The first-order chi connectivity index (χ1) is 11.1. The van der Waals surface area contributed by atoms with Gasteiger partial charge in [0.25, 0.3) is 5.91 Å². The fourth-order valence-corrected chi connectivity index (χ4v) is 2.32. The zero-order chi connectivity index (χ0) is 18.4. The van der Waals surface area contributed by atoms with Crippen LogP contribution in [-0.4, -0.2) is 31.1 Å². The van der Waals surface area contributed by atoms with Crippen molar-refractivity contribution >= 4 is 29.2 Å². The molecule has 0 aliphatic carbocycles. The summed E-state index contributed by atoms with van der Waals surface area (Å²) in [5.41, 5.74) is 6.24. The molecule has 1 aromatic carbocycles. The van der Waals surface area contributed by atoms with E-state index in [1.54, 1.807) is 13.8 Å². The monoisotopic (exact) mass is 356 g/mol. The van der Waals surface area contributed by atoms with Crippen LogP contribution in [0.1, 0.15) is 44.5 Å². The molecule has 0 heterocycles. The highest BCUT2D eigenvalue weighted by Crippen LogP contribution is 2.29. The Morgan fingerprint density at radius 1 is 1.25 bits per heavy atom. The van der Waals surface area contributed by atoms with Crippen molar-refractivity contribution in [1.29, 1.82) is 0 Å². The first-order valence-corrected chi connectivity index (χ1v) is 8.17. The van der Waals surface area contributed by atoms with Crippen LogP contribution in [0.2, 0.25) is 5.02 Å². The minimum absolute atomic E-state index is 0.201. The number of amides is 1. The summed E-state index contributed by atoms with van der Waals surface area (Å²) >= 11 is 5.99. The Morgan fingerprint density at radius 3 is 2.38 bits per heavy atom. The van der Waals surface area contributed by atoms with Gasteiger partial charge in [-0.3, -0.25) is 4.79 Å². The van der Waals surface area contributed by atoms with Crippen molar-refractivity contribution in [3.05, 3.63) is 22.7 Å². The smallest absolute Gasteiger partial charge is 0.328 e. The molecule has 3 N–H and O–H groups in total. The molecule has 1 amide bonds. The van der Waals surface area contributed by atoms with Crippen LogP contribution in [0.25, 0.3) is 0 Å². The number of halogens is 1. The Morgan fingerprint density at radius 2 is 1.88 bits per heavy atom. The first-order valence-electron chi connectivity index (χ1n) is 7.80. The lowest BCUT2D eigenvalue weighted by atomic mass is 10.0. The van der Waals surface area contributed by atoms with Crippen molar-refractivity contribution in [1.82, 2.24) is 5.32 Å². The number of carbonyl (C=O) groups is 2. The highest BCUT2D eigenvalue weighted by molar-refractivity contribution is 6.33. The summed E-state index contributed by atoms with van der Waals surface area (Å²) in [7, 11) is 1.43. The van der Waals surface area contributed by atoms with Crippen LogP contribution >= 0.6 is 11.6 Å². The quantitative estimate of drug-likeness (QED) is 0.579. The second-order valence-electron chi connectivity index (χ2n) is 6.22. The maximum Gasteiger partial charge on any atom is 0.328 e. The van der Waals surface area contributed by atoms with Crippen LogP contribution in [0.15, 0.2) is 12.1 Å². The summed E-state index contributed by atoms with van der Waals surface area (Å²) in [5, 5.41) is 2.94. The number of carbonyl (C=O) groups excluding carboxylic acids is 2. The molecule has 0 aliphatic rings. The fraction of sp³-hybridized carbons (Fsp3) is 0.529. The number of ether oxygens (including phenoxy) is 2. The van der Waals surface area contributed by atoms with E-state index in [9.17, 15) is 9.59 Å². The van der Waals surface area contributed by atoms with E-state index in [0.29, 0.717) is 12.1 Å². The number of benzene rings is 1. The normalized spacial score (nSPS) is 12.2. The Hall–Kier alpha value is -1.95. The number of esters is 1. The van der Waals surface area contributed by atoms with E-state index >= 15 is 0 Å².